The van der Waals surface area contributed by atoms with Crippen molar-refractivity contribution >= 4 is 0 Å². The summed E-state index contributed by atoms with van der Waals surface area (Å²) < 4.78 is 0. The first-order chi connectivity index (χ1) is 7.69. The van der Waals surface area contributed by atoms with Crippen molar-refractivity contribution < 1.29 is 0 Å². The van der Waals surface area contributed by atoms with Crippen molar-refractivity contribution in [1.82, 2.24) is 9.80 Å². The monoisotopic (exact) mass is 234 g/mol. The molecule has 17 heavy (non-hydrogen) atoms. The van der Waals surface area contributed by atoms with Crippen molar-refractivity contribution in [1.29, 1.82) is 0 Å². The number of hydrogen-bond acceptors (Lipinski definition) is 2. The molecule has 0 atom stereocenters. The molecule has 0 radical (unpaired) electrons. The summed E-state index contributed by atoms with van der Waals surface area (Å²) in [6.07, 6.45) is 5.79. The molecule has 2 heteroatoms. The standard InChI is InChI=1S/C15H26N2/c1-14(2,3)16-9-7-12-8-10-17(13(12)11-16)15(4,5)6/h7,9H,8,10-11H2,1-6H3. The summed E-state index contributed by atoms with van der Waals surface area (Å²) in [4.78, 5) is 5.01. The molecule has 0 bridgehead atoms. The molecular formula is C15H26N2. The van der Waals surface area contributed by atoms with Crippen LogP contribution in [0.2, 0.25) is 0 Å². The van der Waals surface area contributed by atoms with Gasteiger partial charge in [-0.3, -0.25) is 0 Å². The molecule has 0 aromatic heterocycles. The van der Waals surface area contributed by atoms with Crippen molar-refractivity contribution in [3.05, 3.63) is 23.5 Å². The highest BCUT2D eigenvalue weighted by atomic mass is 15.3. The molecule has 0 saturated carbocycles. The molecule has 0 aromatic rings. The van der Waals surface area contributed by atoms with Gasteiger partial charge in [0.2, 0.25) is 0 Å². The van der Waals surface area contributed by atoms with E-state index in [-0.39, 0.29) is 11.1 Å². The Labute approximate surface area is 106 Å². The lowest BCUT2D eigenvalue weighted by atomic mass is 10.0. The van der Waals surface area contributed by atoms with Gasteiger partial charge in [-0.15, -0.1) is 0 Å². The van der Waals surface area contributed by atoms with E-state index >= 15 is 0 Å². The van der Waals surface area contributed by atoms with E-state index in [2.05, 4.69) is 63.6 Å². The van der Waals surface area contributed by atoms with E-state index in [0.717, 1.165) is 6.54 Å². The Kier molecular flexibility index (Phi) is 2.80. The van der Waals surface area contributed by atoms with Crippen molar-refractivity contribution in [2.75, 3.05) is 13.1 Å². The highest BCUT2D eigenvalue weighted by Gasteiger charge is 2.33. The van der Waals surface area contributed by atoms with Crippen LogP contribution in [0, 0.1) is 0 Å². The van der Waals surface area contributed by atoms with Crippen LogP contribution < -0.4 is 0 Å². The molecule has 96 valence electrons. The third-order valence-corrected chi connectivity index (χ3v) is 3.75. The van der Waals surface area contributed by atoms with Crippen LogP contribution >= 0.6 is 0 Å². The van der Waals surface area contributed by atoms with E-state index < -0.39 is 0 Å². The fourth-order valence-corrected chi connectivity index (χ4v) is 2.65. The summed E-state index contributed by atoms with van der Waals surface area (Å²) in [7, 11) is 0. The molecule has 2 aliphatic rings. The van der Waals surface area contributed by atoms with E-state index in [0.29, 0.717) is 0 Å². The lowest BCUT2D eigenvalue weighted by Crippen LogP contribution is -2.45. The van der Waals surface area contributed by atoms with Crippen LogP contribution in [0.3, 0.4) is 0 Å². The smallest absolute Gasteiger partial charge is 0.0581 e. The highest BCUT2D eigenvalue weighted by molar-refractivity contribution is 5.34. The second-order valence-electron chi connectivity index (χ2n) is 7.16. The zero-order valence-corrected chi connectivity index (χ0v) is 12.2. The predicted octanol–water partition coefficient (Wildman–Crippen LogP) is 3.37. The van der Waals surface area contributed by atoms with Gasteiger partial charge in [-0.25, -0.2) is 0 Å². The van der Waals surface area contributed by atoms with Gasteiger partial charge in [0.05, 0.1) is 6.54 Å². The van der Waals surface area contributed by atoms with Crippen LogP contribution in [0.5, 0.6) is 0 Å². The second kappa shape index (κ2) is 3.79. The van der Waals surface area contributed by atoms with Gasteiger partial charge in [0.25, 0.3) is 0 Å². The average Bonchev–Trinajstić information content (AvgIpc) is 2.57. The van der Waals surface area contributed by atoms with Gasteiger partial charge >= 0.3 is 0 Å². The third-order valence-electron chi connectivity index (χ3n) is 3.75. The largest absolute Gasteiger partial charge is 0.368 e. The quantitative estimate of drug-likeness (QED) is 0.634. The molecule has 0 fully saturated rings. The molecular weight excluding hydrogens is 208 g/mol. The predicted molar refractivity (Wildman–Crippen MR) is 73.7 cm³/mol. The maximum atomic E-state index is 2.57. The summed E-state index contributed by atoms with van der Waals surface area (Å²) in [6.45, 7) is 16.0. The second-order valence-corrected chi connectivity index (χ2v) is 7.16. The van der Waals surface area contributed by atoms with Gasteiger partial charge in [0, 0.05) is 29.5 Å². The molecule has 2 heterocycles. The number of hydrogen-bond donors (Lipinski definition) is 0. The Hall–Kier alpha value is -0.920. The number of allylic oxidation sites excluding steroid dienone is 1. The van der Waals surface area contributed by atoms with Crippen molar-refractivity contribution in [3.8, 4) is 0 Å². The number of nitrogens with zero attached hydrogens (tertiary/aromatic N) is 2. The average molecular weight is 234 g/mol. The molecule has 0 unspecified atom stereocenters. The van der Waals surface area contributed by atoms with E-state index in [1.165, 1.54) is 18.7 Å². The van der Waals surface area contributed by atoms with Crippen LogP contribution in [0.25, 0.3) is 0 Å². The van der Waals surface area contributed by atoms with Crippen LogP contribution in [-0.4, -0.2) is 34.0 Å². The van der Waals surface area contributed by atoms with Crippen molar-refractivity contribution in [2.45, 2.75) is 59.0 Å². The van der Waals surface area contributed by atoms with E-state index in [1.807, 2.05) is 0 Å². The van der Waals surface area contributed by atoms with Crippen LogP contribution in [-0.2, 0) is 0 Å². The molecule has 0 N–H and O–H groups in total. The normalized spacial score (nSPS) is 21.3. The maximum Gasteiger partial charge on any atom is 0.0581 e. The Morgan fingerprint density at radius 3 is 2.18 bits per heavy atom. The Morgan fingerprint density at radius 2 is 1.65 bits per heavy atom. The molecule has 2 aliphatic heterocycles. The Bertz CT molecular complexity index is 363. The fourth-order valence-electron chi connectivity index (χ4n) is 2.65. The molecule has 2 nitrogen and oxygen atoms in total. The molecule has 2 rings (SSSR count). The SMILES string of the molecule is CC(C)(C)N1C=CC2=C(C1)N(C(C)(C)C)CC2. The Morgan fingerprint density at radius 1 is 1.00 bits per heavy atom. The van der Waals surface area contributed by atoms with E-state index in [9.17, 15) is 0 Å². The lowest BCUT2D eigenvalue weighted by Gasteiger charge is -2.42. The molecule has 0 spiro atoms. The molecule has 0 aromatic carbocycles. The first-order valence-corrected chi connectivity index (χ1v) is 6.64. The first-order valence-electron chi connectivity index (χ1n) is 6.64. The molecule has 0 amide bonds. The van der Waals surface area contributed by atoms with Crippen molar-refractivity contribution in [3.63, 3.8) is 0 Å². The zero-order valence-electron chi connectivity index (χ0n) is 12.2. The maximum absolute atomic E-state index is 2.57. The zero-order chi connectivity index (χ0) is 12.8. The minimum absolute atomic E-state index is 0.209. The van der Waals surface area contributed by atoms with Gasteiger partial charge in [-0.05, 0) is 59.6 Å². The van der Waals surface area contributed by atoms with Gasteiger partial charge in [0.1, 0.15) is 0 Å². The molecule has 0 aliphatic carbocycles. The minimum Gasteiger partial charge on any atom is -0.368 e. The summed E-state index contributed by atoms with van der Waals surface area (Å²) in [5, 5.41) is 0. The van der Waals surface area contributed by atoms with Crippen LogP contribution in [0.4, 0.5) is 0 Å². The van der Waals surface area contributed by atoms with Gasteiger partial charge in [-0.1, -0.05) is 0 Å². The third kappa shape index (κ3) is 2.36. The fraction of sp³-hybridized carbons (Fsp3) is 0.733. The van der Waals surface area contributed by atoms with E-state index in [1.54, 1.807) is 5.57 Å². The number of rotatable bonds is 0. The van der Waals surface area contributed by atoms with Gasteiger partial charge in [-0.2, -0.15) is 0 Å². The van der Waals surface area contributed by atoms with Crippen LogP contribution in [0.1, 0.15) is 48.0 Å². The topological polar surface area (TPSA) is 6.48 Å². The van der Waals surface area contributed by atoms with E-state index in [4.69, 9.17) is 0 Å². The lowest BCUT2D eigenvalue weighted by molar-refractivity contribution is 0.157. The summed E-state index contributed by atoms with van der Waals surface area (Å²) in [5.74, 6) is 0. The summed E-state index contributed by atoms with van der Waals surface area (Å²) >= 11 is 0. The Balaban J connectivity index is 2.23. The van der Waals surface area contributed by atoms with Crippen molar-refractivity contribution in [2.24, 2.45) is 0 Å². The minimum atomic E-state index is 0.209. The summed E-state index contributed by atoms with van der Waals surface area (Å²) in [6, 6.07) is 0. The highest BCUT2D eigenvalue weighted by Crippen LogP contribution is 2.35. The van der Waals surface area contributed by atoms with Gasteiger partial charge < -0.3 is 9.80 Å². The first kappa shape index (κ1) is 12.5. The van der Waals surface area contributed by atoms with Crippen LogP contribution in [0.15, 0.2) is 23.5 Å². The molecule has 0 saturated heterocycles. The van der Waals surface area contributed by atoms with Gasteiger partial charge in [0.15, 0.2) is 0 Å². The summed E-state index contributed by atoms with van der Waals surface area (Å²) in [5.41, 5.74) is 3.53.